The van der Waals surface area contributed by atoms with Gasteiger partial charge in [0, 0.05) is 5.69 Å². The Labute approximate surface area is 116 Å². The van der Waals surface area contributed by atoms with Crippen molar-refractivity contribution in [3.63, 3.8) is 0 Å². The summed E-state index contributed by atoms with van der Waals surface area (Å²) in [5.41, 5.74) is 1.30. The van der Waals surface area contributed by atoms with Gasteiger partial charge in [0.05, 0.1) is 12.2 Å². The Hall–Kier alpha value is -2.24. The number of rotatable bonds is 3. The van der Waals surface area contributed by atoms with E-state index in [2.05, 4.69) is 12.2 Å². The Balaban J connectivity index is 1.82. The molecule has 0 aliphatic carbocycles. The monoisotopic (exact) mass is 276 g/mol. The minimum absolute atomic E-state index is 0.0245. The third-order valence-corrected chi connectivity index (χ3v) is 3.39. The van der Waals surface area contributed by atoms with E-state index in [1.54, 1.807) is 23.1 Å². The van der Waals surface area contributed by atoms with E-state index in [9.17, 15) is 9.59 Å². The van der Waals surface area contributed by atoms with Gasteiger partial charge < -0.3 is 14.8 Å². The number of nitrogens with zero attached hydrogens (tertiary/aromatic N) is 1. The number of carbonyl (C=O) groups excluding carboxylic acids is 2. The highest BCUT2D eigenvalue weighted by atomic mass is 16.6. The van der Waals surface area contributed by atoms with Gasteiger partial charge in [-0.25, -0.2) is 4.79 Å². The molecule has 2 heterocycles. The normalized spacial score (nSPS) is 21.1. The molecular formula is C14H16N2O4. The highest BCUT2D eigenvalue weighted by Gasteiger charge is 2.32. The van der Waals surface area contributed by atoms with Crippen LogP contribution in [0.4, 0.5) is 16.2 Å². The summed E-state index contributed by atoms with van der Waals surface area (Å²) < 4.78 is 10.6. The van der Waals surface area contributed by atoms with Crippen molar-refractivity contribution in [3.05, 3.63) is 18.2 Å². The lowest BCUT2D eigenvalue weighted by Crippen LogP contribution is -2.27. The molecule has 1 fully saturated rings. The molecule has 0 unspecified atom stereocenters. The van der Waals surface area contributed by atoms with E-state index < -0.39 is 0 Å². The Bertz CT molecular complexity index is 558. The van der Waals surface area contributed by atoms with Crippen LogP contribution in [0, 0.1) is 0 Å². The van der Waals surface area contributed by atoms with Gasteiger partial charge in [0.2, 0.25) is 0 Å². The van der Waals surface area contributed by atoms with Crippen molar-refractivity contribution in [3.8, 4) is 5.75 Å². The third-order valence-electron chi connectivity index (χ3n) is 3.39. The molecule has 2 aliphatic rings. The number of benzene rings is 1. The van der Waals surface area contributed by atoms with Gasteiger partial charge in [-0.15, -0.1) is 0 Å². The Morgan fingerprint density at radius 2 is 2.25 bits per heavy atom. The van der Waals surface area contributed by atoms with E-state index in [0.29, 0.717) is 23.7 Å². The van der Waals surface area contributed by atoms with Crippen molar-refractivity contribution >= 4 is 23.4 Å². The zero-order valence-electron chi connectivity index (χ0n) is 11.2. The number of ether oxygens (including phenoxy) is 2. The molecule has 0 bridgehead atoms. The second-order valence-corrected chi connectivity index (χ2v) is 4.92. The molecule has 3 rings (SSSR count). The zero-order chi connectivity index (χ0) is 14.1. The van der Waals surface area contributed by atoms with Gasteiger partial charge in [-0.05, 0) is 24.6 Å². The first kappa shape index (κ1) is 12.8. The van der Waals surface area contributed by atoms with Crippen LogP contribution in [0.2, 0.25) is 0 Å². The Kier molecular flexibility index (Phi) is 3.22. The maximum absolute atomic E-state index is 11.9. The number of hydrogen-bond donors (Lipinski definition) is 1. The largest absolute Gasteiger partial charge is 0.482 e. The number of fused-ring (bicyclic) bond motifs is 1. The summed E-state index contributed by atoms with van der Waals surface area (Å²) in [6, 6.07) is 5.29. The summed E-state index contributed by atoms with van der Waals surface area (Å²) in [5, 5.41) is 2.73. The molecule has 0 saturated carbocycles. The van der Waals surface area contributed by atoms with Gasteiger partial charge in [0.15, 0.2) is 6.61 Å². The summed E-state index contributed by atoms with van der Waals surface area (Å²) in [6.45, 7) is 2.62. The molecule has 6 nitrogen and oxygen atoms in total. The van der Waals surface area contributed by atoms with Crippen LogP contribution in [0.1, 0.15) is 19.8 Å². The topological polar surface area (TPSA) is 67.9 Å². The van der Waals surface area contributed by atoms with Crippen LogP contribution in [0.5, 0.6) is 5.75 Å². The van der Waals surface area contributed by atoms with Crippen molar-refractivity contribution in [2.45, 2.75) is 25.9 Å². The van der Waals surface area contributed by atoms with Crippen LogP contribution in [-0.4, -0.2) is 31.3 Å². The minimum Gasteiger partial charge on any atom is -0.482 e. The average molecular weight is 276 g/mol. The maximum Gasteiger partial charge on any atom is 0.414 e. The fourth-order valence-corrected chi connectivity index (χ4v) is 2.44. The molecule has 2 aliphatic heterocycles. The number of anilines is 2. The molecule has 106 valence electrons. The van der Waals surface area contributed by atoms with Gasteiger partial charge in [-0.2, -0.15) is 0 Å². The highest BCUT2D eigenvalue weighted by molar-refractivity contribution is 5.97. The Morgan fingerprint density at radius 3 is 3.05 bits per heavy atom. The van der Waals surface area contributed by atoms with Crippen LogP contribution < -0.4 is 15.0 Å². The number of nitrogens with one attached hydrogen (secondary N) is 1. The minimum atomic E-state index is -0.341. The van der Waals surface area contributed by atoms with Gasteiger partial charge in [-0.1, -0.05) is 13.3 Å². The fraction of sp³-hybridized carbons (Fsp3) is 0.429. The number of carbonyl (C=O) groups is 2. The molecule has 2 amide bonds. The van der Waals surface area contributed by atoms with E-state index in [-0.39, 0.29) is 24.7 Å². The van der Waals surface area contributed by atoms with Crippen LogP contribution in [-0.2, 0) is 9.53 Å². The van der Waals surface area contributed by atoms with Crippen molar-refractivity contribution in [1.29, 1.82) is 0 Å². The van der Waals surface area contributed by atoms with Crippen molar-refractivity contribution in [2.75, 3.05) is 23.4 Å². The quantitative estimate of drug-likeness (QED) is 0.918. The number of cyclic esters (lactones) is 1. The molecule has 20 heavy (non-hydrogen) atoms. The first-order valence-electron chi connectivity index (χ1n) is 6.72. The standard InChI is InChI=1S/C14H16N2O4/c1-2-3-10-7-16(14(18)20-10)9-4-5-12-11(6-9)15-13(17)8-19-12/h4-6,10H,2-3,7-8H2,1H3,(H,15,17)/t10-/m1/s1. The molecule has 1 aromatic rings. The second-order valence-electron chi connectivity index (χ2n) is 4.92. The first-order valence-corrected chi connectivity index (χ1v) is 6.72. The molecule has 1 saturated heterocycles. The SMILES string of the molecule is CCC[C@@H]1CN(c2ccc3c(c2)NC(=O)CO3)C(=O)O1. The summed E-state index contributed by atoms with van der Waals surface area (Å²) >= 11 is 0. The Morgan fingerprint density at radius 1 is 1.40 bits per heavy atom. The van der Waals surface area contributed by atoms with Crippen LogP contribution in [0.25, 0.3) is 0 Å². The van der Waals surface area contributed by atoms with Gasteiger partial charge >= 0.3 is 6.09 Å². The highest BCUT2D eigenvalue weighted by Crippen LogP contribution is 2.33. The predicted molar refractivity (Wildman–Crippen MR) is 73.1 cm³/mol. The van der Waals surface area contributed by atoms with E-state index in [0.717, 1.165) is 12.8 Å². The molecule has 1 N–H and O–H groups in total. The van der Waals surface area contributed by atoms with Gasteiger partial charge in [0.1, 0.15) is 11.9 Å². The molecular weight excluding hydrogens is 260 g/mol. The smallest absolute Gasteiger partial charge is 0.414 e. The second kappa shape index (κ2) is 5.03. The summed E-state index contributed by atoms with van der Waals surface area (Å²) in [4.78, 5) is 24.8. The lowest BCUT2D eigenvalue weighted by Gasteiger charge is -2.20. The molecule has 6 heteroatoms. The van der Waals surface area contributed by atoms with E-state index >= 15 is 0 Å². The maximum atomic E-state index is 11.9. The summed E-state index contributed by atoms with van der Waals surface area (Å²) in [7, 11) is 0. The van der Waals surface area contributed by atoms with Crippen LogP contribution in [0.15, 0.2) is 18.2 Å². The van der Waals surface area contributed by atoms with Crippen molar-refractivity contribution < 1.29 is 19.1 Å². The van der Waals surface area contributed by atoms with Gasteiger partial charge in [-0.3, -0.25) is 9.69 Å². The lowest BCUT2D eigenvalue weighted by molar-refractivity contribution is -0.118. The molecule has 1 aromatic carbocycles. The third kappa shape index (κ3) is 2.29. The van der Waals surface area contributed by atoms with Crippen molar-refractivity contribution in [2.24, 2.45) is 0 Å². The summed E-state index contributed by atoms with van der Waals surface area (Å²) in [5.74, 6) is 0.425. The molecule has 0 radical (unpaired) electrons. The van der Waals surface area contributed by atoms with E-state index in [1.807, 2.05) is 0 Å². The number of amides is 2. The zero-order valence-corrected chi connectivity index (χ0v) is 11.2. The molecule has 0 spiro atoms. The van der Waals surface area contributed by atoms with Gasteiger partial charge in [0.25, 0.3) is 5.91 Å². The molecule has 1 atom stereocenters. The van der Waals surface area contributed by atoms with Crippen LogP contribution >= 0.6 is 0 Å². The predicted octanol–water partition coefficient (Wildman–Crippen LogP) is 2.14. The number of hydrogen-bond acceptors (Lipinski definition) is 4. The van der Waals surface area contributed by atoms with E-state index in [1.165, 1.54) is 0 Å². The first-order chi connectivity index (χ1) is 9.67. The van der Waals surface area contributed by atoms with Crippen molar-refractivity contribution in [1.82, 2.24) is 0 Å². The fourth-order valence-electron chi connectivity index (χ4n) is 2.44. The van der Waals surface area contributed by atoms with E-state index in [4.69, 9.17) is 9.47 Å². The molecule has 0 aromatic heterocycles. The lowest BCUT2D eigenvalue weighted by atomic mass is 10.2. The van der Waals surface area contributed by atoms with Crippen LogP contribution in [0.3, 0.4) is 0 Å². The average Bonchev–Trinajstić information content (AvgIpc) is 2.79. The summed E-state index contributed by atoms with van der Waals surface area (Å²) in [6.07, 6.45) is 1.42.